The Kier molecular flexibility index (Phi) is 7.58. The lowest BCUT2D eigenvalue weighted by molar-refractivity contribution is 0.262. The molecule has 0 amide bonds. The van der Waals surface area contributed by atoms with Crippen LogP contribution in [0.4, 0.5) is 5.69 Å². The van der Waals surface area contributed by atoms with Crippen molar-refractivity contribution in [3.8, 4) is 11.5 Å². The summed E-state index contributed by atoms with van der Waals surface area (Å²) < 4.78 is 38.6. The predicted octanol–water partition coefficient (Wildman–Crippen LogP) is 2.50. The van der Waals surface area contributed by atoms with Crippen LogP contribution < -0.4 is 19.1 Å². The first-order valence-electron chi connectivity index (χ1n) is 10.3. The summed E-state index contributed by atoms with van der Waals surface area (Å²) in [6.07, 6.45) is 0. The van der Waals surface area contributed by atoms with E-state index >= 15 is 0 Å². The van der Waals surface area contributed by atoms with E-state index in [0.717, 1.165) is 37.5 Å². The third-order valence-electron chi connectivity index (χ3n) is 5.29. The van der Waals surface area contributed by atoms with E-state index < -0.39 is 10.0 Å². The first-order chi connectivity index (χ1) is 14.4. The highest BCUT2D eigenvalue weighted by Crippen LogP contribution is 2.22. The first-order valence-corrected chi connectivity index (χ1v) is 11.8. The number of hydrogen-bond donors (Lipinski definition) is 1. The van der Waals surface area contributed by atoms with Gasteiger partial charge in [0.25, 0.3) is 0 Å². The normalized spacial score (nSPS) is 15.2. The standard InChI is InChI=1S/C22H31N3O4S/c1-4-29-22-10-9-21(17-18(22)2)30(26,27)23-11-12-24-13-15-25(16-14-24)19-5-7-20(28-3)8-6-19/h5-10,17,23H,4,11-16H2,1-3H3. The van der Waals surface area contributed by atoms with Crippen molar-refractivity contribution in [3.63, 3.8) is 0 Å². The van der Waals surface area contributed by atoms with Gasteiger partial charge in [0, 0.05) is 45.0 Å². The third kappa shape index (κ3) is 5.65. The summed E-state index contributed by atoms with van der Waals surface area (Å²) in [7, 11) is -1.86. The molecule has 1 heterocycles. The van der Waals surface area contributed by atoms with Gasteiger partial charge in [0.15, 0.2) is 0 Å². The highest BCUT2D eigenvalue weighted by Gasteiger charge is 2.19. The first kappa shape index (κ1) is 22.4. The molecule has 0 atom stereocenters. The fourth-order valence-electron chi connectivity index (χ4n) is 3.55. The Morgan fingerprint density at radius 2 is 1.73 bits per heavy atom. The lowest BCUT2D eigenvalue weighted by Gasteiger charge is -2.36. The van der Waals surface area contributed by atoms with E-state index in [0.29, 0.717) is 25.4 Å². The van der Waals surface area contributed by atoms with Crippen molar-refractivity contribution < 1.29 is 17.9 Å². The number of anilines is 1. The molecular formula is C22H31N3O4S. The van der Waals surface area contributed by atoms with Crippen molar-refractivity contribution in [1.29, 1.82) is 0 Å². The van der Waals surface area contributed by atoms with Crippen LogP contribution in [0.5, 0.6) is 11.5 Å². The fraction of sp³-hybridized carbons (Fsp3) is 0.455. The number of nitrogens with zero attached hydrogens (tertiary/aromatic N) is 2. The van der Waals surface area contributed by atoms with Crippen molar-refractivity contribution in [2.24, 2.45) is 0 Å². The largest absolute Gasteiger partial charge is 0.497 e. The summed E-state index contributed by atoms with van der Waals surface area (Å²) in [6.45, 7) is 9.01. The van der Waals surface area contributed by atoms with E-state index in [4.69, 9.17) is 9.47 Å². The molecule has 0 unspecified atom stereocenters. The Hall–Kier alpha value is -2.29. The summed E-state index contributed by atoms with van der Waals surface area (Å²) in [5.74, 6) is 1.57. The van der Waals surface area contributed by atoms with Crippen LogP contribution in [0.15, 0.2) is 47.4 Å². The van der Waals surface area contributed by atoms with Gasteiger partial charge in [-0.05, 0) is 61.9 Å². The summed E-state index contributed by atoms with van der Waals surface area (Å²) in [5, 5.41) is 0. The SMILES string of the molecule is CCOc1ccc(S(=O)(=O)NCCN2CCN(c3ccc(OC)cc3)CC2)cc1C. The molecule has 0 aliphatic carbocycles. The minimum Gasteiger partial charge on any atom is -0.497 e. The Labute approximate surface area is 179 Å². The number of aryl methyl sites for hydroxylation is 1. The van der Waals surface area contributed by atoms with Crippen LogP contribution in [0, 0.1) is 6.92 Å². The molecule has 2 aromatic carbocycles. The number of piperazine rings is 1. The van der Waals surface area contributed by atoms with Gasteiger partial charge < -0.3 is 14.4 Å². The van der Waals surface area contributed by atoms with E-state index in [1.807, 2.05) is 26.0 Å². The van der Waals surface area contributed by atoms with Crippen molar-refractivity contribution in [2.45, 2.75) is 18.7 Å². The van der Waals surface area contributed by atoms with Gasteiger partial charge >= 0.3 is 0 Å². The lowest BCUT2D eigenvalue weighted by atomic mass is 10.2. The maximum Gasteiger partial charge on any atom is 0.240 e. The Bertz CT molecular complexity index is 924. The molecule has 7 nitrogen and oxygen atoms in total. The molecule has 1 N–H and O–H groups in total. The second kappa shape index (κ2) is 10.1. The quantitative estimate of drug-likeness (QED) is 0.655. The topological polar surface area (TPSA) is 71.1 Å². The molecule has 0 aromatic heterocycles. The molecule has 0 radical (unpaired) electrons. The smallest absolute Gasteiger partial charge is 0.240 e. The van der Waals surface area contributed by atoms with Crippen molar-refractivity contribution >= 4 is 15.7 Å². The van der Waals surface area contributed by atoms with E-state index in [9.17, 15) is 8.42 Å². The molecule has 0 saturated carbocycles. The van der Waals surface area contributed by atoms with Gasteiger partial charge in [-0.2, -0.15) is 0 Å². The Morgan fingerprint density at radius 1 is 1.03 bits per heavy atom. The zero-order valence-corrected chi connectivity index (χ0v) is 18.7. The van der Waals surface area contributed by atoms with Crippen molar-refractivity contribution in [3.05, 3.63) is 48.0 Å². The van der Waals surface area contributed by atoms with Crippen LogP contribution >= 0.6 is 0 Å². The van der Waals surface area contributed by atoms with Gasteiger partial charge in [0.1, 0.15) is 11.5 Å². The second-order valence-corrected chi connectivity index (χ2v) is 9.05. The van der Waals surface area contributed by atoms with Crippen LogP contribution in [0.3, 0.4) is 0 Å². The van der Waals surface area contributed by atoms with Crippen LogP contribution in [0.1, 0.15) is 12.5 Å². The molecule has 1 aliphatic rings. The molecule has 0 bridgehead atoms. The number of nitrogens with one attached hydrogen (secondary N) is 1. The predicted molar refractivity (Wildman–Crippen MR) is 119 cm³/mol. The van der Waals surface area contributed by atoms with E-state index in [-0.39, 0.29) is 4.90 Å². The fourth-order valence-corrected chi connectivity index (χ4v) is 4.66. The zero-order valence-electron chi connectivity index (χ0n) is 17.9. The summed E-state index contributed by atoms with van der Waals surface area (Å²) in [6, 6.07) is 13.0. The number of methoxy groups -OCH3 is 1. The molecule has 1 aliphatic heterocycles. The molecule has 1 fully saturated rings. The second-order valence-electron chi connectivity index (χ2n) is 7.28. The summed E-state index contributed by atoms with van der Waals surface area (Å²) in [4.78, 5) is 4.89. The van der Waals surface area contributed by atoms with Gasteiger partial charge in [-0.3, -0.25) is 4.90 Å². The van der Waals surface area contributed by atoms with Crippen LogP contribution in [-0.2, 0) is 10.0 Å². The molecule has 1 saturated heterocycles. The van der Waals surface area contributed by atoms with Gasteiger partial charge in [-0.25, -0.2) is 13.1 Å². The molecule has 30 heavy (non-hydrogen) atoms. The number of sulfonamides is 1. The van der Waals surface area contributed by atoms with Gasteiger partial charge in [0.05, 0.1) is 18.6 Å². The average Bonchev–Trinajstić information content (AvgIpc) is 2.76. The third-order valence-corrected chi connectivity index (χ3v) is 6.75. The number of rotatable bonds is 9. The number of benzene rings is 2. The number of hydrogen-bond acceptors (Lipinski definition) is 6. The average molecular weight is 434 g/mol. The minimum absolute atomic E-state index is 0.271. The van der Waals surface area contributed by atoms with E-state index in [1.165, 1.54) is 5.69 Å². The zero-order chi connectivity index (χ0) is 21.6. The van der Waals surface area contributed by atoms with Crippen LogP contribution in [0.2, 0.25) is 0 Å². The Morgan fingerprint density at radius 3 is 2.33 bits per heavy atom. The Balaban J connectivity index is 1.46. The van der Waals surface area contributed by atoms with E-state index in [1.54, 1.807) is 25.3 Å². The number of ether oxygens (including phenoxy) is 2. The van der Waals surface area contributed by atoms with Crippen LogP contribution in [0.25, 0.3) is 0 Å². The maximum atomic E-state index is 12.6. The minimum atomic E-state index is -3.53. The lowest BCUT2D eigenvalue weighted by Crippen LogP contribution is -2.48. The van der Waals surface area contributed by atoms with Crippen molar-refractivity contribution in [1.82, 2.24) is 9.62 Å². The monoisotopic (exact) mass is 433 g/mol. The molecule has 8 heteroatoms. The highest BCUT2D eigenvalue weighted by atomic mass is 32.2. The summed E-state index contributed by atoms with van der Waals surface area (Å²) in [5.41, 5.74) is 2.00. The molecular weight excluding hydrogens is 402 g/mol. The molecule has 164 valence electrons. The molecule has 3 rings (SSSR count). The molecule has 2 aromatic rings. The van der Waals surface area contributed by atoms with Crippen molar-refractivity contribution in [2.75, 3.05) is 57.9 Å². The van der Waals surface area contributed by atoms with Crippen LogP contribution in [-0.4, -0.2) is 66.3 Å². The maximum absolute atomic E-state index is 12.6. The van der Waals surface area contributed by atoms with Gasteiger partial charge in [-0.1, -0.05) is 0 Å². The van der Waals surface area contributed by atoms with Gasteiger partial charge in [-0.15, -0.1) is 0 Å². The highest BCUT2D eigenvalue weighted by molar-refractivity contribution is 7.89. The summed E-state index contributed by atoms with van der Waals surface area (Å²) >= 11 is 0. The van der Waals surface area contributed by atoms with Gasteiger partial charge in [0.2, 0.25) is 10.0 Å². The molecule has 0 spiro atoms. The van der Waals surface area contributed by atoms with E-state index in [2.05, 4.69) is 26.7 Å².